The normalized spacial score (nSPS) is 26.8. The number of hydrogen-bond acceptors (Lipinski definition) is 4. The zero-order chi connectivity index (χ0) is 13.6. The Balaban J connectivity index is 1.85. The summed E-state index contributed by atoms with van der Waals surface area (Å²) in [5, 5.41) is 3.41. The molecule has 2 fully saturated rings. The van der Waals surface area contributed by atoms with Crippen molar-refractivity contribution in [1.29, 1.82) is 0 Å². The molecular weight excluding hydrogens is 240 g/mol. The van der Waals surface area contributed by atoms with E-state index in [0.29, 0.717) is 17.7 Å². The molecule has 5 nitrogen and oxygen atoms in total. The third kappa shape index (κ3) is 2.27. The van der Waals surface area contributed by atoms with Gasteiger partial charge in [0, 0.05) is 43.5 Å². The number of hydrogen-bond donors (Lipinski definition) is 2. The molecule has 2 aliphatic heterocycles. The van der Waals surface area contributed by atoms with Gasteiger partial charge in [-0.3, -0.25) is 4.79 Å². The predicted octanol–water partition coefficient (Wildman–Crippen LogP) is 0.723. The van der Waals surface area contributed by atoms with E-state index in [9.17, 15) is 4.79 Å². The Labute approximate surface area is 113 Å². The molecule has 1 aromatic rings. The van der Waals surface area contributed by atoms with E-state index < -0.39 is 0 Å². The fourth-order valence-corrected chi connectivity index (χ4v) is 3.03. The van der Waals surface area contributed by atoms with Crippen LogP contribution in [0.2, 0.25) is 0 Å². The van der Waals surface area contributed by atoms with Crippen molar-refractivity contribution in [3.63, 3.8) is 0 Å². The Morgan fingerprint density at radius 2 is 1.89 bits per heavy atom. The van der Waals surface area contributed by atoms with Crippen LogP contribution in [-0.4, -0.2) is 36.1 Å². The van der Waals surface area contributed by atoms with Gasteiger partial charge in [0.1, 0.15) is 0 Å². The molecule has 0 saturated carbocycles. The van der Waals surface area contributed by atoms with Crippen LogP contribution in [0.1, 0.15) is 26.5 Å². The van der Waals surface area contributed by atoms with Gasteiger partial charge in [0.05, 0.1) is 0 Å². The number of fused-ring (bicyclic) bond motifs is 1. The summed E-state index contributed by atoms with van der Waals surface area (Å²) in [4.78, 5) is 21.8. The van der Waals surface area contributed by atoms with Gasteiger partial charge in [-0.1, -0.05) is 20.8 Å². The number of nitrogens with one attached hydrogen (secondary N) is 2. The van der Waals surface area contributed by atoms with Gasteiger partial charge >= 0.3 is 0 Å². The molecule has 0 bridgehead atoms. The first-order valence-corrected chi connectivity index (χ1v) is 7.00. The largest absolute Gasteiger partial charge is 0.351 e. The maximum Gasteiger partial charge on any atom is 0.291 e. The SMILES string of the molecule is CC(C)(C)c1cnc(N2CC3CNCC3C2)c(=O)[nH]1. The molecule has 0 aliphatic carbocycles. The highest BCUT2D eigenvalue weighted by Crippen LogP contribution is 2.28. The van der Waals surface area contributed by atoms with Crippen LogP contribution in [-0.2, 0) is 5.41 Å². The zero-order valence-corrected chi connectivity index (χ0v) is 11.9. The average Bonchev–Trinajstić information content (AvgIpc) is 2.87. The van der Waals surface area contributed by atoms with Gasteiger partial charge in [0.25, 0.3) is 5.56 Å². The second kappa shape index (κ2) is 4.34. The zero-order valence-electron chi connectivity index (χ0n) is 11.9. The van der Waals surface area contributed by atoms with Crippen LogP contribution in [0.4, 0.5) is 5.82 Å². The van der Waals surface area contributed by atoms with Crippen molar-refractivity contribution in [1.82, 2.24) is 15.3 Å². The van der Waals surface area contributed by atoms with Crippen LogP contribution in [0.25, 0.3) is 0 Å². The van der Waals surface area contributed by atoms with Crippen LogP contribution < -0.4 is 15.8 Å². The molecule has 2 unspecified atom stereocenters. The van der Waals surface area contributed by atoms with Crippen LogP contribution in [0.3, 0.4) is 0 Å². The summed E-state index contributed by atoms with van der Waals surface area (Å²) in [6.45, 7) is 10.3. The van der Waals surface area contributed by atoms with E-state index >= 15 is 0 Å². The van der Waals surface area contributed by atoms with Gasteiger partial charge in [0.15, 0.2) is 5.82 Å². The lowest BCUT2D eigenvalue weighted by Gasteiger charge is -2.21. The number of aromatic amines is 1. The van der Waals surface area contributed by atoms with E-state index in [1.54, 1.807) is 0 Å². The molecule has 0 spiro atoms. The molecule has 3 heterocycles. The lowest BCUT2D eigenvalue weighted by molar-refractivity contribution is 0.533. The van der Waals surface area contributed by atoms with Crippen molar-refractivity contribution in [3.05, 3.63) is 22.2 Å². The fraction of sp³-hybridized carbons (Fsp3) is 0.714. The van der Waals surface area contributed by atoms with Gasteiger partial charge in [-0.25, -0.2) is 4.98 Å². The first-order chi connectivity index (χ1) is 8.95. The van der Waals surface area contributed by atoms with E-state index in [0.717, 1.165) is 31.9 Å². The Morgan fingerprint density at radius 3 is 2.42 bits per heavy atom. The Morgan fingerprint density at radius 1 is 1.26 bits per heavy atom. The highest BCUT2D eigenvalue weighted by atomic mass is 16.1. The number of rotatable bonds is 1. The van der Waals surface area contributed by atoms with Crippen molar-refractivity contribution in [2.45, 2.75) is 26.2 Å². The molecule has 104 valence electrons. The van der Waals surface area contributed by atoms with Gasteiger partial charge in [-0.15, -0.1) is 0 Å². The number of nitrogens with zero attached hydrogens (tertiary/aromatic N) is 2. The fourth-order valence-electron chi connectivity index (χ4n) is 3.03. The monoisotopic (exact) mass is 262 g/mol. The molecule has 2 saturated heterocycles. The molecule has 5 heteroatoms. The van der Waals surface area contributed by atoms with Crippen molar-refractivity contribution in [3.8, 4) is 0 Å². The molecule has 0 amide bonds. The Bertz CT molecular complexity index is 519. The Kier molecular flexibility index (Phi) is 2.89. The van der Waals surface area contributed by atoms with Crippen LogP contribution >= 0.6 is 0 Å². The summed E-state index contributed by atoms with van der Waals surface area (Å²) in [5.74, 6) is 1.93. The molecule has 2 aliphatic rings. The van der Waals surface area contributed by atoms with Gasteiger partial charge in [-0.2, -0.15) is 0 Å². The predicted molar refractivity (Wildman–Crippen MR) is 75.6 cm³/mol. The summed E-state index contributed by atoms with van der Waals surface area (Å²) in [5.41, 5.74) is 0.763. The minimum absolute atomic E-state index is 0.0552. The summed E-state index contributed by atoms with van der Waals surface area (Å²) < 4.78 is 0. The van der Waals surface area contributed by atoms with Crippen molar-refractivity contribution in [2.24, 2.45) is 11.8 Å². The maximum absolute atomic E-state index is 12.2. The molecule has 1 aromatic heterocycles. The molecule has 2 N–H and O–H groups in total. The molecular formula is C14H22N4O. The van der Waals surface area contributed by atoms with E-state index in [2.05, 4.69) is 41.0 Å². The van der Waals surface area contributed by atoms with E-state index in [1.807, 2.05) is 6.20 Å². The molecule has 19 heavy (non-hydrogen) atoms. The van der Waals surface area contributed by atoms with Gasteiger partial charge in [0.2, 0.25) is 0 Å². The van der Waals surface area contributed by atoms with E-state index in [4.69, 9.17) is 0 Å². The highest BCUT2D eigenvalue weighted by molar-refractivity contribution is 5.39. The summed E-state index contributed by atoms with van der Waals surface area (Å²) >= 11 is 0. The molecule has 0 aromatic carbocycles. The minimum Gasteiger partial charge on any atom is -0.351 e. The van der Waals surface area contributed by atoms with Crippen molar-refractivity contribution >= 4 is 5.82 Å². The third-order valence-electron chi connectivity index (χ3n) is 4.26. The smallest absolute Gasteiger partial charge is 0.291 e. The van der Waals surface area contributed by atoms with Crippen molar-refractivity contribution < 1.29 is 0 Å². The van der Waals surface area contributed by atoms with E-state index in [-0.39, 0.29) is 11.0 Å². The van der Waals surface area contributed by atoms with Crippen LogP contribution in [0.15, 0.2) is 11.0 Å². The lowest BCUT2D eigenvalue weighted by atomic mass is 9.93. The maximum atomic E-state index is 12.2. The first-order valence-electron chi connectivity index (χ1n) is 7.00. The average molecular weight is 262 g/mol. The first kappa shape index (κ1) is 12.7. The topological polar surface area (TPSA) is 61.0 Å². The molecule has 0 radical (unpaired) electrons. The summed E-state index contributed by atoms with van der Waals surface area (Å²) in [7, 11) is 0. The summed E-state index contributed by atoms with van der Waals surface area (Å²) in [6, 6.07) is 0. The van der Waals surface area contributed by atoms with Crippen molar-refractivity contribution in [2.75, 3.05) is 31.1 Å². The number of anilines is 1. The van der Waals surface area contributed by atoms with E-state index in [1.165, 1.54) is 0 Å². The number of aromatic nitrogens is 2. The third-order valence-corrected chi connectivity index (χ3v) is 4.26. The molecule has 3 rings (SSSR count). The quantitative estimate of drug-likeness (QED) is 0.783. The molecule has 2 atom stereocenters. The van der Waals surface area contributed by atoms with Crippen LogP contribution in [0, 0.1) is 11.8 Å². The number of H-pyrrole nitrogens is 1. The van der Waals surface area contributed by atoms with Gasteiger partial charge in [-0.05, 0) is 11.8 Å². The Hall–Kier alpha value is -1.36. The van der Waals surface area contributed by atoms with Crippen LogP contribution in [0.5, 0.6) is 0 Å². The summed E-state index contributed by atoms with van der Waals surface area (Å²) in [6.07, 6.45) is 1.81. The minimum atomic E-state index is -0.0733. The second-order valence-electron chi connectivity index (χ2n) is 6.78. The highest BCUT2D eigenvalue weighted by Gasteiger charge is 2.37. The van der Waals surface area contributed by atoms with Gasteiger partial charge < -0.3 is 15.2 Å². The standard InChI is InChI=1S/C14H22N4O/c1-14(2,3)11-6-16-12(13(19)17-11)18-7-9-4-15-5-10(9)8-18/h6,9-10,15H,4-5,7-8H2,1-3H3,(H,17,19). The lowest BCUT2D eigenvalue weighted by Crippen LogP contribution is -2.32. The second-order valence-corrected chi connectivity index (χ2v) is 6.78.